The molecule has 0 saturated carbocycles. The Hall–Kier alpha value is -4.35. The van der Waals surface area contributed by atoms with Gasteiger partial charge in [-0.1, -0.05) is 77.8 Å². The fourth-order valence-corrected chi connectivity index (χ4v) is 6.74. The average molecular weight is 711 g/mol. The molecule has 2 atom stereocenters. The quantitative estimate of drug-likeness (QED) is 0.221. The molecule has 2 saturated heterocycles. The molecular formula is C38H42ClF3N4O4. The first-order chi connectivity index (χ1) is 24.0. The zero-order valence-corrected chi connectivity index (χ0v) is 28.5. The summed E-state index contributed by atoms with van der Waals surface area (Å²) in [5, 5.41) is 14.7. The number of piperidine rings is 1. The monoisotopic (exact) mass is 710 g/mol. The molecular weight excluding hydrogens is 669 g/mol. The van der Waals surface area contributed by atoms with E-state index in [1.54, 1.807) is 0 Å². The Morgan fingerprint density at radius 3 is 2.28 bits per heavy atom. The molecule has 50 heavy (non-hydrogen) atoms. The van der Waals surface area contributed by atoms with Gasteiger partial charge in [0.05, 0.1) is 6.04 Å². The number of para-hydroxylation sites is 1. The predicted octanol–water partition coefficient (Wildman–Crippen LogP) is 6.45. The summed E-state index contributed by atoms with van der Waals surface area (Å²) in [6.45, 7) is 4.18. The number of benzene rings is 3. The van der Waals surface area contributed by atoms with Gasteiger partial charge in [-0.2, -0.15) is 13.2 Å². The number of hydrogen-bond donors (Lipinski definition) is 3. The highest BCUT2D eigenvalue weighted by Gasteiger charge is 2.38. The maximum absolute atomic E-state index is 13.4. The van der Waals surface area contributed by atoms with E-state index in [-0.39, 0.29) is 23.9 Å². The summed E-state index contributed by atoms with van der Waals surface area (Å²) in [4.78, 5) is 39.0. The Balaban J connectivity index is 0.000000630. The Bertz CT molecular complexity index is 1670. The second kappa shape index (κ2) is 17.0. The van der Waals surface area contributed by atoms with E-state index in [1.807, 2.05) is 23.1 Å². The second-order valence-electron chi connectivity index (χ2n) is 12.9. The van der Waals surface area contributed by atoms with Crippen molar-refractivity contribution in [2.75, 3.05) is 24.5 Å². The number of carbonyl (C=O) groups excluding carboxylic acids is 2. The lowest BCUT2D eigenvalue weighted by Crippen LogP contribution is -2.50. The zero-order chi connectivity index (χ0) is 35.7. The van der Waals surface area contributed by atoms with Crippen molar-refractivity contribution in [2.24, 2.45) is 0 Å². The van der Waals surface area contributed by atoms with E-state index < -0.39 is 12.1 Å². The summed E-state index contributed by atoms with van der Waals surface area (Å²) in [6.07, 6.45) is 3.16. The SMILES string of the molecule is O=C(N[C@@H](CC=C1CCN(c2ccccc2CN2CCCC2=O)CC1)Cc1ccc(Cl)cc1)[C@H]1Cc2ccccc2CN1.O=C(O)C(F)(F)F. The first-order valence-corrected chi connectivity index (χ1v) is 17.3. The zero-order valence-electron chi connectivity index (χ0n) is 27.7. The lowest BCUT2D eigenvalue weighted by atomic mass is 9.94. The van der Waals surface area contributed by atoms with Crippen molar-refractivity contribution >= 4 is 35.1 Å². The lowest BCUT2D eigenvalue weighted by Gasteiger charge is -2.33. The average Bonchev–Trinajstić information content (AvgIpc) is 3.52. The highest BCUT2D eigenvalue weighted by atomic mass is 35.5. The molecule has 8 nitrogen and oxygen atoms in total. The molecule has 3 heterocycles. The van der Waals surface area contributed by atoms with Crippen molar-refractivity contribution in [3.8, 4) is 0 Å². The van der Waals surface area contributed by atoms with E-state index in [4.69, 9.17) is 21.5 Å². The first-order valence-electron chi connectivity index (χ1n) is 16.9. The largest absolute Gasteiger partial charge is 0.490 e. The van der Waals surface area contributed by atoms with Crippen LogP contribution in [-0.4, -0.2) is 65.7 Å². The molecule has 0 radical (unpaired) electrons. The van der Waals surface area contributed by atoms with E-state index in [2.05, 4.69) is 76.2 Å². The summed E-state index contributed by atoms with van der Waals surface area (Å²) in [7, 11) is 0. The molecule has 0 unspecified atom stereocenters. The molecule has 0 bridgehead atoms. The van der Waals surface area contributed by atoms with Gasteiger partial charge in [-0.3, -0.25) is 9.59 Å². The summed E-state index contributed by atoms with van der Waals surface area (Å²) in [6, 6.07) is 24.6. The maximum atomic E-state index is 13.4. The number of carboxylic acids is 1. The summed E-state index contributed by atoms with van der Waals surface area (Å²) in [5.41, 5.74) is 7.61. The third-order valence-corrected chi connectivity index (χ3v) is 9.60. The van der Waals surface area contributed by atoms with Crippen LogP contribution in [0.5, 0.6) is 0 Å². The number of amides is 2. The fourth-order valence-electron chi connectivity index (χ4n) is 6.62. The maximum Gasteiger partial charge on any atom is 0.490 e. The molecule has 0 spiro atoms. The summed E-state index contributed by atoms with van der Waals surface area (Å²) in [5.74, 6) is -2.43. The van der Waals surface area contributed by atoms with Crippen LogP contribution in [0.3, 0.4) is 0 Å². The van der Waals surface area contributed by atoms with E-state index in [9.17, 15) is 22.8 Å². The van der Waals surface area contributed by atoms with Gasteiger partial charge in [-0.15, -0.1) is 0 Å². The van der Waals surface area contributed by atoms with Crippen LogP contribution in [0.1, 0.15) is 54.4 Å². The molecule has 12 heteroatoms. The third kappa shape index (κ3) is 10.3. The number of aliphatic carboxylic acids is 1. The first kappa shape index (κ1) is 36.9. The number of hydrogen-bond acceptors (Lipinski definition) is 5. The Morgan fingerprint density at radius 1 is 0.960 bits per heavy atom. The van der Waals surface area contributed by atoms with Gasteiger partial charge in [0.1, 0.15) is 0 Å². The van der Waals surface area contributed by atoms with Crippen molar-refractivity contribution in [2.45, 2.75) is 76.3 Å². The number of alkyl halides is 3. The van der Waals surface area contributed by atoms with Crippen molar-refractivity contribution in [1.29, 1.82) is 0 Å². The molecule has 0 aliphatic carbocycles. The smallest absolute Gasteiger partial charge is 0.475 e. The van der Waals surface area contributed by atoms with Gasteiger partial charge < -0.3 is 25.5 Å². The number of halogens is 4. The molecule has 2 amide bonds. The Kier molecular flexibility index (Phi) is 12.6. The van der Waals surface area contributed by atoms with Crippen LogP contribution >= 0.6 is 11.6 Å². The summed E-state index contributed by atoms with van der Waals surface area (Å²) >= 11 is 6.14. The van der Waals surface area contributed by atoms with Gasteiger partial charge in [-0.25, -0.2) is 4.79 Å². The highest BCUT2D eigenvalue weighted by molar-refractivity contribution is 6.30. The van der Waals surface area contributed by atoms with Crippen LogP contribution in [-0.2, 0) is 40.3 Å². The normalized spacial score (nSPS) is 18.1. The molecule has 3 aromatic carbocycles. The number of anilines is 1. The van der Waals surface area contributed by atoms with Crippen molar-refractivity contribution < 1.29 is 32.7 Å². The lowest BCUT2D eigenvalue weighted by molar-refractivity contribution is -0.192. The van der Waals surface area contributed by atoms with E-state index in [1.165, 1.54) is 28.0 Å². The fraction of sp³-hybridized carbons (Fsp3) is 0.395. The van der Waals surface area contributed by atoms with Crippen LogP contribution in [0.4, 0.5) is 18.9 Å². The van der Waals surface area contributed by atoms with Gasteiger partial charge in [0.2, 0.25) is 11.8 Å². The second-order valence-corrected chi connectivity index (χ2v) is 13.3. The molecule has 0 aromatic heterocycles. The molecule has 6 rings (SSSR count). The number of nitrogens with zero attached hydrogens (tertiary/aromatic N) is 2. The number of rotatable bonds is 9. The van der Waals surface area contributed by atoms with Crippen molar-refractivity contribution in [3.05, 3.63) is 112 Å². The molecule has 3 aliphatic heterocycles. The van der Waals surface area contributed by atoms with Crippen molar-refractivity contribution in [1.82, 2.24) is 15.5 Å². The molecule has 3 aromatic rings. The molecule has 3 aliphatic rings. The van der Waals surface area contributed by atoms with Crippen LogP contribution in [0.2, 0.25) is 5.02 Å². The van der Waals surface area contributed by atoms with Crippen LogP contribution < -0.4 is 15.5 Å². The number of carboxylic acid groups (broad SMARTS) is 1. The molecule has 2 fully saturated rings. The van der Waals surface area contributed by atoms with Gasteiger partial charge in [0.25, 0.3) is 0 Å². The van der Waals surface area contributed by atoms with E-state index in [0.717, 1.165) is 62.3 Å². The van der Waals surface area contributed by atoms with Crippen LogP contribution in [0.15, 0.2) is 84.4 Å². The number of nitrogens with one attached hydrogen (secondary N) is 2. The molecule has 3 N–H and O–H groups in total. The number of carbonyl (C=O) groups is 3. The third-order valence-electron chi connectivity index (χ3n) is 9.34. The van der Waals surface area contributed by atoms with Gasteiger partial charge in [0.15, 0.2) is 0 Å². The Labute approximate surface area is 295 Å². The van der Waals surface area contributed by atoms with E-state index in [0.29, 0.717) is 25.9 Å². The minimum Gasteiger partial charge on any atom is -0.475 e. The van der Waals surface area contributed by atoms with Gasteiger partial charge in [-0.05, 0) is 79.0 Å². The number of fused-ring (bicyclic) bond motifs is 1. The molecule has 266 valence electrons. The predicted molar refractivity (Wildman–Crippen MR) is 187 cm³/mol. The van der Waals surface area contributed by atoms with Crippen LogP contribution in [0, 0.1) is 0 Å². The standard InChI is InChI=1S/C36H41ClN4O2.C2HF3O2/c37-31-14-11-27(12-15-31)22-32(39-36(43)33-23-28-6-1-2-7-29(28)24-38-33)16-13-26-17-20-40(21-18-26)34-9-4-3-8-30(34)25-41-19-5-10-35(41)42;3-2(4,5)1(6)7/h1-4,6-9,11-15,32-33,38H,5,10,16-25H2,(H,39,43);(H,6,7)/t32-,33+;/m0./s1. The minimum atomic E-state index is -5.08. The van der Waals surface area contributed by atoms with Crippen LogP contribution in [0.25, 0.3) is 0 Å². The minimum absolute atomic E-state index is 0.00287. The van der Waals surface area contributed by atoms with Gasteiger partial charge >= 0.3 is 12.1 Å². The summed E-state index contributed by atoms with van der Waals surface area (Å²) < 4.78 is 31.7. The van der Waals surface area contributed by atoms with E-state index >= 15 is 0 Å². The Morgan fingerprint density at radius 2 is 1.62 bits per heavy atom. The number of likely N-dealkylation sites (tertiary alicyclic amines) is 1. The highest BCUT2D eigenvalue weighted by Crippen LogP contribution is 2.29. The van der Waals surface area contributed by atoms with Crippen molar-refractivity contribution in [3.63, 3.8) is 0 Å². The van der Waals surface area contributed by atoms with Gasteiger partial charge in [0, 0.05) is 55.9 Å². The topological polar surface area (TPSA) is 102 Å².